The summed E-state index contributed by atoms with van der Waals surface area (Å²) >= 11 is 2.75. The van der Waals surface area contributed by atoms with Crippen LogP contribution in [0.5, 0.6) is 0 Å². The summed E-state index contributed by atoms with van der Waals surface area (Å²) in [5.74, 6) is -0.371. The number of aromatic nitrogens is 3. The molecule has 2 aromatic rings. The minimum Gasteiger partial charge on any atom is -0.465 e. The first-order valence-corrected chi connectivity index (χ1v) is 9.50. The van der Waals surface area contributed by atoms with Gasteiger partial charge in [0.05, 0.1) is 18.4 Å². The summed E-state index contributed by atoms with van der Waals surface area (Å²) in [4.78, 5) is 29.6. The lowest BCUT2D eigenvalue weighted by Crippen LogP contribution is -2.16. The average molecular weight is 366 g/mol. The Morgan fingerprint density at radius 2 is 2.21 bits per heavy atom. The number of hydrogen-bond donors (Lipinski definition) is 2. The predicted molar refractivity (Wildman–Crippen MR) is 92.7 cm³/mol. The first-order valence-electron chi connectivity index (χ1n) is 7.70. The van der Waals surface area contributed by atoms with Gasteiger partial charge in [-0.3, -0.25) is 9.89 Å². The van der Waals surface area contributed by atoms with E-state index in [0.29, 0.717) is 15.7 Å². The van der Waals surface area contributed by atoms with E-state index in [1.54, 1.807) is 0 Å². The highest BCUT2D eigenvalue weighted by molar-refractivity contribution is 7.99. The molecular formula is C15H18N4O3S2. The summed E-state index contributed by atoms with van der Waals surface area (Å²) in [6, 6.07) is 0. The van der Waals surface area contributed by atoms with E-state index >= 15 is 0 Å². The molecule has 2 heterocycles. The molecule has 0 aliphatic heterocycles. The van der Waals surface area contributed by atoms with E-state index in [1.165, 1.54) is 41.4 Å². The van der Waals surface area contributed by atoms with Crippen molar-refractivity contribution in [2.24, 2.45) is 0 Å². The van der Waals surface area contributed by atoms with Gasteiger partial charge in [0.15, 0.2) is 5.16 Å². The fraction of sp³-hybridized carbons (Fsp3) is 0.467. The maximum Gasteiger partial charge on any atom is 0.341 e. The van der Waals surface area contributed by atoms with E-state index < -0.39 is 0 Å². The van der Waals surface area contributed by atoms with Crippen molar-refractivity contribution in [3.8, 4) is 0 Å². The number of nitrogens with one attached hydrogen (secondary N) is 2. The van der Waals surface area contributed by atoms with Gasteiger partial charge in [0.2, 0.25) is 5.91 Å². The molecule has 0 fully saturated rings. The highest BCUT2D eigenvalue weighted by Gasteiger charge is 2.26. The largest absolute Gasteiger partial charge is 0.465 e. The van der Waals surface area contributed by atoms with Gasteiger partial charge >= 0.3 is 5.97 Å². The lowest BCUT2D eigenvalue weighted by atomic mass is 10.1. The Kier molecular flexibility index (Phi) is 5.52. The van der Waals surface area contributed by atoms with Crippen LogP contribution in [0.1, 0.15) is 40.1 Å². The Labute approximate surface area is 147 Å². The Balaban J connectivity index is 1.76. The van der Waals surface area contributed by atoms with Crippen LogP contribution >= 0.6 is 23.1 Å². The van der Waals surface area contributed by atoms with Gasteiger partial charge in [-0.05, 0) is 31.2 Å². The molecule has 0 unspecified atom stereocenters. The molecule has 7 nitrogen and oxygen atoms in total. The van der Waals surface area contributed by atoms with E-state index in [9.17, 15) is 9.59 Å². The lowest BCUT2D eigenvalue weighted by Gasteiger charge is -2.07. The van der Waals surface area contributed by atoms with Crippen LogP contribution in [0.3, 0.4) is 0 Å². The van der Waals surface area contributed by atoms with Crippen LogP contribution in [0.4, 0.5) is 5.00 Å². The maximum atomic E-state index is 12.2. The lowest BCUT2D eigenvalue weighted by molar-refractivity contribution is -0.113. The second-order valence-corrected chi connectivity index (χ2v) is 7.46. The number of ether oxygens (including phenoxy) is 1. The van der Waals surface area contributed by atoms with Crippen molar-refractivity contribution in [3.05, 3.63) is 22.3 Å². The third-order valence-corrected chi connectivity index (χ3v) is 5.88. The van der Waals surface area contributed by atoms with Crippen LogP contribution in [0, 0.1) is 0 Å². The van der Waals surface area contributed by atoms with Gasteiger partial charge < -0.3 is 10.1 Å². The van der Waals surface area contributed by atoms with Gasteiger partial charge in [-0.25, -0.2) is 9.78 Å². The Morgan fingerprint density at radius 3 is 2.96 bits per heavy atom. The standard InChI is InChI=1S/C15H18N4O3S2/c1-22-14(21)12-9-5-3-2-4-6-10(9)24-13(12)18-11(20)7-23-15-16-8-17-19-15/h8H,2-7H2,1H3,(H,18,20)(H,16,17,19). The number of nitrogens with zero attached hydrogens (tertiary/aromatic N) is 2. The molecule has 0 saturated carbocycles. The molecule has 9 heteroatoms. The quantitative estimate of drug-likeness (QED) is 0.480. The van der Waals surface area contributed by atoms with Crippen LogP contribution in [0.15, 0.2) is 11.5 Å². The second-order valence-electron chi connectivity index (χ2n) is 5.39. The molecule has 0 saturated heterocycles. The number of carbonyl (C=O) groups excluding carboxylic acids is 2. The number of esters is 1. The zero-order valence-corrected chi connectivity index (χ0v) is 14.9. The summed E-state index contributed by atoms with van der Waals surface area (Å²) in [5.41, 5.74) is 1.57. The van der Waals surface area contributed by atoms with Crippen molar-refractivity contribution in [3.63, 3.8) is 0 Å². The second kappa shape index (κ2) is 7.80. The number of thiophene rings is 1. The maximum absolute atomic E-state index is 12.2. The van der Waals surface area contributed by atoms with Gasteiger partial charge in [0, 0.05) is 4.88 Å². The van der Waals surface area contributed by atoms with Crippen molar-refractivity contribution in [2.75, 3.05) is 18.2 Å². The van der Waals surface area contributed by atoms with E-state index in [1.807, 2.05) is 0 Å². The van der Waals surface area contributed by atoms with Crippen LogP contribution in [-0.4, -0.2) is 39.9 Å². The fourth-order valence-electron chi connectivity index (χ4n) is 2.71. The topological polar surface area (TPSA) is 97.0 Å². The smallest absolute Gasteiger partial charge is 0.341 e. The molecule has 1 aliphatic rings. The van der Waals surface area contributed by atoms with Gasteiger partial charge in [0.1, 0.15) is 11.3 Å². The molecule has 0 atom stereocenters. The molecule has 0 bridgehead atoms. The summed E-state index contributed by atoms with van der Waals surface area (Å²) < 4.78 is 4.93. The van der Waals surface area contributed by atoms with Crippen LogP contribution < -0.4 is 5.32 Å². The number of H-pyrrole nitrogens is 1. The summed E-state index contributed by atoms with van der Waals surface area (Å²) in [6.45, 7) is 0. The number of aryl methyl sites for hydroxylation is 1. The summed E-state index contributed by atoms with van der Waals surface area (Å²) in [7, 11) is 1.37. The number of fused-ring (bicyclic) bond motifs is 1. The SMILES string of the molecule is COC(=O)c1c(NC(=O)CSc2ncn[nH]2)sc2c1CCCCC2. The van der Waals surface area contributed by atoms with E-state index in [0.717, 1.165) is 37.7 Å². The highest BCUT2D eigenvalue weighted by atomic mass is 32.2. The number of anilines is 1. The number of rotatable bonds is 5. The predicted octanol–water partition coefficient (Wildman–Crippen LogP) is 2.65. The molecule has 0 aromatic carbocycles. The molecular weight excluding hydrogens is 348 g/mol. The molecule has 2 N–H and O–H groups in total. The first-order chi connectivity index (χ1) is 11.7. The Bertz CT molecular complexity index is 727. The summed E-state index contributed by atoms with van der Waals surface area (Å²) in [6.07, 6.45) is 6.54. The molecule has 3 rings (SSSR count). The van der Waals surface area contributed by atoms with Gasteiger partial charge in [-0.1, -0.05) is 18.2 Å². The minimum atomic E-state index is -0.382. The number of amides is 1. The van der Waals surface area contributed by atoms with Crippen molar-refractivity contribution in [2.45, 2.75) is 37.3 Å². The monoisotopic (exact) mass is 366 g/mol. The Morgan fingerprint density at radius 1 is 1.38 bits per heavy atom. The zero-order chi connectivity index (χ0) is 16.9. The molecule has 1 amide bonds. The number of carbonyl (C=O) groups is 2. The molecule has 1 aliphatic carbocycles. The molecule has 0 spiro atoms. The van der Waals surface area contributed by atoms with Crippen molar-refractivity contribution in [1.29, 1.82) is 0 Å². The van der Waals surface area contributed by atoms with Gasteiger partial charge in [-0.15, -0.1) is 11.3 Å². The van der Waals surface area contributed by atoms with Crippen LogP contribution in [0.25, 0.3) is 0 Å². The minimum absolute atomic E-state index is 0.182. The third kappa shape index (κ3) is 3.78. The van der Waals surface area contributed by atoms with Crippen molar-refractivity contribution >= 4 is 40.0 Å². The molecule has 128 valence electrons. The number of hydrogen-bond acceptors (Lipinski definition) is 7. The Hall–Kier alpha value is -1.87. The number of methoxy groups -OCH3 is 1. The van der Waals surface area contributed by atoms with Crippen molar-refractivity contribution < 1.29 is 14.3 Å². The van der Waals surface area contributed by atoms with E-state index in [4.69, 9.17) is 4.74 Å². The normalized spacial score (nSPS) is 13.9. The highest BCUT2D eigenvalue weighted by Crippen LogP contribution is 2.38. The van der Waals surface area contributed by atoms with Crippen LogP contribution in [-0.2, 0) is 22.4 Å². The average Bonchev–Trinajstić information content (AvgIpc) is 3.15. The van der Waals surface area contributed by atoms with Gasteiger partial charge in [0.25, 0.3) is 0 Å². The van der Waals surface area contributed by atoms with E-state index in [-0.39, 0.29) is 17.6 Å². The third-order valence-electron chi connectivity index (χ3n) is 3.80. The molecule has 0 radical (unpaired) electrons. The molecule has 24 heavy (non-hydrogen) atoms. The number of thioether (sulfide) groups is 1. The zero-order valence-electron chi connectivity index (χ0n) is 13.3. The van der Waals surface area contributed by atoms with Gasteiger partial charge in [-0.2, -0.15) is 5.10 Å². The van der Waals surface area contributed by atoms with E-state index in [2.05, 4.69) is 20.5 Å². The summed E-state index contributed by atoms with van der Waals surface area (Å²) in [5, 5.41) is 10.5. The fourth-order valence-corrected chi connectivity index (χ4v) is 4.58. The van der Waals surface area contributed by atoms with Crippen molar-refractivity contribution in [1.82, 2.24) is 15.2 Å². The first kappa shape index (κ1) is 17.0. The molecule has 2 aromatic heterocycles. The van der Waals surface area contributed by atoms with Crippen LogP contribution in [0.2, 0.25) is 0 Å². The number of aromatic amines is 1.